The van der Waals surface area contributed by atoms with Crippen LogP contribution in [-0.4, -0.2) is 15.1 Å². The molecule has 0 unspecified atom stereocenters. The van der Waals surface area contributed by atoms with Gasteiger partial charge in [0, 0.05) is 11.6 Å². The fourth-order valence-corrected chi connectivity index (χ4v) is 4.32. The number of fused-ring (bicyclic) bond motifs is 4. The van der Waals surface area contributed by atoms with Crippen molar-refractivity contribution in [1.29, 1.82) is 0 Å². The largest absolute Gasteiger partial charge is 0.274 e. The number of para-hydroxylation sites is 3. The second-order valence-electron chi connectivity index (χ2n) is 5.95. The summed E-state index contributed by atoms with van der Waals surface area (Å²) in [5.74, 6) is 0.0588. The highest BCUT2D eigenvalue weighted by Crippen LogP contribution is 2.36. The average Bonchev–Trinajstić information content (AvgIpc) is 3.20. The predicted molar refractivity (Wildman–Crippen MR) is 98.5 cm³/mol. The zero-order chi connectivity index (χ0) is 16.3. The highest BCUT2D eigenvalue weighted by molar-refractivity contribution is 7.15. The lowest BCUT2D eigenvalue weighted by Gasteiger charge is -2.05. The molecule has 2 aromatic heterocycles. The number of imidazole rings is 1. The van der Waals surface area contributed by atoms with Crippen LogP contribution in [0.25, 0.3) is 22.1 Å². The van der Waals surface area contributed by atoms with Gasteiger partial charge >= 0.3 is 0 Å². The first-order valence-electron chi connectivity index (χ1n) is 7.78. The van der Waals surface area contributed by atoms with Gasteiger partial charge in [-0.2, -0.15) is 0 Å². The molecular weight excluding hydrogens is 318 g/mol. The van der Waals surface area contributed by atoms with Crippen LogP contribution in [0.3, 0.4) is 0 Å². The van der Waals surface area contributed by atoms with Crippen LogP contribution in [0.5, 0.6) is 0 Å². The minimum atomic E-state index is 0.000816. The number of hydrogen-bond donors (Lipinski definition) is 0. The number of hydrogen-bond acceptors (Lipinski definition) is 4. The molecule has 0 saturated carbocycles. The normalized spacial score (nSPS) is 17.6. The molecule has 0 fully saturated rings. The van der Waals surface area contributed by atoms with Crippen LogP contribution in [0.4, 0.5) is 5.69 Å². The lowest BCUT2D eigenvalue weighted by atomic mass is 9.96. The van der Waals surface area contributed by atoms with Crippen LogP contribution in [0.1, 0.15) is 18.4 Å². The van der Waals surface area contributed by atoms with E-state index in [-0.39, 0.29) is 11.5 Å². The van der Waals surface area contributed by atoms with Crippen molar-refractivity contribution in [1.82, 2.24) is 9.38 Å². The summed E-state index contributed by atoms with van der Waals surface area (Å²) in [7, 11) is 0. The number of aliphatic imine (C=N–C) groups is 1. The van der Waals surface area contributed by atoms with Gasteiger partial charge in [0.1, 0.15) is 0 Å². The molecule has 0 N–H and O–H groups in total. The average molecular weight is 331 g/mol. The van der Waals surface area contributed by atoms with Crippen LogP contribution in [-0.2, 0) is 0 Å². The van der Waals surface area contributed by atoms with E-state index >= 15 is 0 Å². The maximum Gasteiger partial charge on any atom is 0.274 e. The molecular formula is C19H13N3OS. The van der Waals surface area contributed by atoms with E-state index in [0.29, 0.717) is 0 Å². The molecule has 24 heavy (non-hydrogen) atoms. The maximum absolute atomic E-state index is 12.9. The van der Waals surface area contributed by atoms with E-state index in [1.807, 2.05) is 55.5 Å². The number of aromatic nitrogens is 2. The Hall–Kier alpha value is -2.79. The summed E-state index contributed by atoms with van der Waals surface area (Å²) in [6, 6.07) is 15.8. The third-order valence-corrected chi connectivity index (χ3v) is 5.47. The minimum Gasteiger partial charge on any atom is -0.267 e. The SMILES string of the molecule is CC1=Nc2ccccc2[C@H]1/C=c1/sc2nc3ccccc3n2c1=O. The van der Waals surface area contributed by atoms with Gasteiger partial charge in [-0.15, -0.1) is 0 Å². The lowest BCUT2D eigenvalue weighted by Crippen LogP contribution is -2.24. The van der Waals surface area contributed by atoms with Crippen molar-refractivity contribution < 1.29 is 0 Å². The molecule has 1 atom stereocenters. The third-order valence-electron chi connectivity index (χ3n) is 4.48. The zero-order valence-electron chi connectivity index (χ0n) is 12.9. The molecule has 0 radical (unpaired) electrons. The highest BCUT2D eigenvalue weighted by Gasteiger charge is 2.22. The minimum absolute atomic E-state index is 0.000816. The molecule has 3 heterocycles. The second kappa shape index (κ2) is 4.85. The first-order valence-corrected chi connectivity index (χ1v) is 8.60. The Bertz CT molecular complexity index is 1250. The van der Waals surface area contributed by atoms with Gasteiger partial charge in [0.05, 0.1) is 21.3 Å². The van der Waals surface area contributed by atoms with Gasteiger partial charge in [0.25, 0.3) is 5.56 Å². The van der Waals surface area contributed by atoms with Crippen molar-refractivity contribution >= 4 is 44.8 Å². The molecule has 116 valence electrons. The van der Waals surface area contributed by atoms with Gasteiger partial charge in [-0.1, -0.05) is 41.7 Å². The molecule has 5 heteroatoms. The van der Waals surface area contributed by atoms with E-state index in [1.54, 1.807) is 4.40 Å². The Labute approximate surface area is 141 Å². The smallest absolute Gasteiger partial charge is 0.267 e. The zero-order valence-corrected chi connectivity index (χ0v) is 13.7. The molecule has 4 nitrogen and oxygen atoms in total. The number of rotatable bonds is 1. The van der Waals surface area contributed by atoms with E-state index in [4.69, 9.17) is 0 Å². The maximum atomic E-state index is 12.9. The summed E-state index contributed by atoms with van der Waals surface area (Å²) >= 11 is 1.44. The molecule has 0 spiro atoms. The van der Waals surface area contributed by atoms with Gasteiger partial charge in [0.15, 0.2) is 4.96 Å². The van der Waals surface area contributed by atoms with E-state index in [2.05, 4.69) is 16.0 Å². The standard InChI is InChI=1S/C19H13N3OS/c1-11-13(12-6-2-3-7-14(12)20-11)10-17-18(23)22-16-9-5-4-8-15(16)21-19(22)24-17/h2-10,13H,1H3/b17-10+/t13-/m0/s1. The Morgan fingerprint density at radius 3 is 2.83 bits per heavy atom. The van der Waals surface area contributed by atoms with E-state index in [0.717, 1.165) is 37.5 Å². The summed E-state index contributed by atoms with van der Waals surface area (Å²) in [6.07, 6.45) is 2.03. The Kier molecular flexibility index (Phi) is 2.76. The van der Waals surface area contributed by atoms with Crippen LogP contribution < -0.4 is 10.1 Å². The quantitative estimate of drug-likeness (QED) is 0.537. The summed E-state index contributed by atoms with van der Waals surface area (Å²) in [6.45, 7) is 2.01. The Morgan fingerprint density at radius 1 is 1.12 bits per heavy atom. The Morgan fingerprint density at radius 2 is 1.92 bits per heavy atom. The molecule has 4 aromatic rings. The van der Waals surface area contributed by atoms with Gasteiger partial charge in [0.2, 0.25) is 0 Å². The molecule has 0 aliphatic carbocycles. The lowest BCUT2D eigenvalue weighted by molar-refractivity contribution is 1.17. The van der Waals surface area contributed by atoms with Crippen molar-refractivity contribution in [3.63, 3.8) is 0 Å². The Balaban J connectivity index is 1.76. The fourth-order valence-electron chi connectivity index (χ4n) is 3.32. The van der Waals surface area contributed by atoms with Gasteiger partial charge in [-0.25, -0.2) is 9.38 Å². The second-order valence-corrected chi connectivity index (χ2v) is 6.96. The predicted octanol–water partition coefficient (Wildman–Crippen LogP) is 3.30. The van der Waals surface area contributed by atoms with Gasteiger partial charge < -0.3 is 0 Å². The van der Waals surface area contributed by atoms with Crippen LogP contribution in [0, 0.1) is 0 Å². The number of benzene rings is 2. The van der Waals surface area contributed by atoms with Crippen molar-refractivity contribution in [2.45, 2.75) is 12.8 Å². The third kappa shape index (κ3) is 1.82. The summed E-state index contributed by atoms with van der Waals surface area (Å²) in [5, 5.41) is 0. The van der Waals surface area contributed by atoms with Crippen molar-refractivity contribution in [3.05, 3.63) is 69.0 Å². The van der Waals surface area contributed by atoms with Crippen molar-refractivity contribution in [2.75, 3.05) is 0 Å². The molecule has 2 aromatic carbocycles. The van der Waals surface area contributed by atoms with Crippen LogP contribution >= 0.6 is 11.3 Å². The van der Waals surface area contributed by atoms with Crippen molar-refractivity contribution in [2.24, 2.45) is 4.99 Å². The molecule has 0 amide bonds. The highest BCUT2D eigenvalue weighted by atomic mass is 32.1. The summed E-state index contributed by atoms with van der Waals surface area (Å²) in [4.78, 5) is 22.8. The number of thiazole rings is 1. The molecule has 5 rings (SSSR count). The first kappa shape index (κ1) is 13.6. The monoisotopic (exact) mass is 331 g/mol. The van der Waals surface area contributed by atoms with Crippen molar-refractivity contribution in [3.8, 4) is 0 Å². The van der Waals surface area contributed by atoms with Gasteiger partial charge in [-0.3, -0.25) is 9.79 Å². The number of nitrogens with zero attached hydrogens (tertiary/aromatic N) is 3. The van der Waals surface area contributed by atoms with E-state index in [1.165, 1.54) is 11.3 Å². The molecule has 1 aliphatic rings. The topological polar surface area (TPSA) is 46.7 Å². The van der Waals surface area contributed by atoms with E-state index in [9.17, 15) is 4.79 Å². The summed E-state index contributed by atoms with van der Waals surface area (Å²) < 4.78 is 2.43. The molecule has 0 saturated heterocycles. The fraction of sp³-hybridized carbons (Fsp3) is 0.105. The van der Waals surface area contributed by atoms with E-state index < -0.39 is 0 Å². The first-order chi connectivity index (χ1) is 11.7. The van der Waals surface area contributed by atoms with Crippen LogP contribution in [0.2, 0.25) is 0 Å². The van der Waals surface area contributed by atoms with Crippen LogP contribution in [0.15, 0.2) is 58.3 Å². The molecule has 1 aliphatic heterocycles. The summed E-state index contributed by atoms with van der Waals surface area (Å²) in [5.41, 5.74) is 4.90. The molecule has 0 bridgehead atoms. The van der Waals surface area contributed by atoms with Gasteiger partial charge in [-0.05, 0) is 36.8 Å².